The third-order valence-electron chi connectivity index (χ3n) is 4.80. The van der Waals surface area contributed by atoms with E-state index < -0.39 is 6.10 Å². The Labute approximate surface area is 144 Å². The maximum absolute atomic E-state index is 11.4. The fraction of sp³-hybridized carbons (Fsp3) is 0.632. The second-order valence-electron chi connectivity index (χ2n) is 6.88. The van der Waals surface area contributed by atoms with Crippen LogP contribution in [0.4, 0.5) is 0 Å². The maximum Gasteiger partial charge on any atom is 0.161 e. The predicted molar refractivity (Wildman–Crippen MR) is 92.7 cm³/mol. The number of aliphatic hydroxyl groups excluding tert-OH is 1. The summed E-state index contributed by atoms with van der Waals surface area (Å²) in [5.41, 5.74) is 0.583. The van der Waals surface area contributed by atoms with Crippen LogP contribution in [0.3, 0.4) is 0 Å². The fourth-order valence-electron chi connectivity index (χ4n) is 3.13. The van der Waals surface area contributed by atoms with Gasteiger partial charge in [-0.3, -0.25) is 4.79 Å². The number of carbonyl (C=O) groups excluding carboxylic acids is 1. The molecule has 0 heterocycles. The Bertz CT molecular complexity index is 538. The van der Waals surface area contributed by atoms with Gasteiger partial charge >= 0.3 is 0 Å². The molecule has 134 valence electrons. The molecule has 5 nitrogen and oxygen atoms in total. The lowest BCUT2D eigenvalue weighted by Crippen LogP contribution is -2.92. The van der Waals surface area contributed by atoms with Crippen LogP contribution in [0.25, 0.3) is 0 Å². The van der Waals surface area contributed by atoms with Gasteiger partial charge in [-0.25, -0.2) is 0 Å². The van der Waals surface area contributed by atoms with E-state index in [0.717, 1.165) is 5.92 Å². The molecule has 1 fully saturated rings. The summed E-state index contributed by atoms with van der Waals surface area (Å²) in [4.78, 5) is 11.4. The number of benzene rings is 1. The molecule has 0 amide bonds. The first-order valence-electron chi connectivity index (χ1n) is 8.82. The van der Waals surface area contributed by atoms with Crippen LogP contribution in [0.2, 0.25) is 0 Å². The molecule has 1 aliphatic carbocycles. The Morgan fingerprint density at radius 1 is 1.29 bits per heavy atom. The smallest absolute Gasteiger partial charge is 0.161 e. The second-order valence-corrected chi connectivity index (χ2v) is 6.88. The summed E-state index contributed by atoms with van der Waals surface area (Å²) >= 11 is 0. The molecule has 0 radical (unpaired) electrons. The molecular formula is C19H30NO4+. The van der Waals surface area contributed by atoms with Crippen molar-refractivity contribution in [3.8, 4) is 11.5 Å². The SMILES string of the molecule is COc1cc(C(C)=O)ccc1OC[C@H](O)C[NH2+]C1CCC(C)CC1. The summed E-state index contributed by atoms with van der Waals surface area (Å²) < 4.78 is 10.9. The van der Waals surface area contributed by atoms with E-state index in [4.69, 9.17) is 9.47 Å². The van der Waals surface area contributed by atoms with Gasteiger partial charge in [0.05, 0.1) is 13.2 Å². The average molecular weight is 336 g/mol. The maximum atomic E-state index is 11.4. The standard InChI is InChI=1S/C19H29NO4/c1-13-4-7-16(8-5-13)20-11-17(22)12-24-18-9-6-15(14(2)21)10-19(18)23-3/h6,9-10,13,16-17,20,22H,4-5,7-8,11-12H2,1-3H3/p+1/t13?,16?,17-/m1/s1. The minimum absolute atomic E-state index is 0.0173. The summed E-state index contributed by atoms with van der Waals surface area (Å²) in [6.45, 7) is 4.69. The Kier molecular flexibility index (Phi) is 7.06. The lowest BCUT2D eigenvalue weighted by Gasteiger charge is -2.25. The van der Waals surface area contributed by atoms with Gasteiger partial charge in [0.25, 0.3) is 0 Å². The first kappa shape index (κ1) is 18.7. The Hall–Kier alpha value is -1.59. The van der Waals surface area contributed by atoms with E-state index in [1.54, 1.807) is 25.3 Å². The average Bonchev–Trinajstić information content (AvgIpc) is 2.59. The molecule has 24 heavy (non-hydrogen) atoms. The highest BCUT2D eigenvalue weighted by Gasteiger charge is 2.21. The van der Waals surface area contributed by atoms with Gasteiger partial charge in [-0.15, -0.1) is 0 Å². The van der Waals surface area contributed by atoms with Crippen molar-refractivity contribution in [2.24, 2.45) is 5.92 Å². The zero-order valence-corrected chi connectivity index (χ0v) is 15.0. The number of Topliss-reactive ketones (excluding diaryl/α,β-unsaturated/α-hetero) is 1. The molecule has 0 aromatic heterocycles. The van der Waals surface area contributed by atoms with Gasteiger partial charge < -0.3 is 19.9 Å². The van der Waals surface area contributed by atoms with Gasteiger partial charge in [0.15, 0.2) is 17.3 Å². The highest BCUT2D eigenvalue weighted by Crippen LogP contribution is 2.28. The van der Waals surface area contributed by atoms with E-state index >= 15 is 0 Å². The topological polar surface area (TPSA) is 72.4 Å². The molecule has 0 unspecified atom stereocenters. The fourth-order valence-corrected chi connectivity index (χ4v) is 3.13. The number of rotatable bonds is 8. The van der Waals surface area contributed by atoms with Gasteiger partial charge in [-0.2, -0.15) is 0 Å². The van der Waals surface area contributed by atoms with Crippen molar-refractivity contribution in [2.75, 3.05) is 20.3 Å². The monoisotopic (exact) mass is 336 g/mol. The molecule has 0 saturated heterocycles. The third kappa shape index (κ3) is 5.49. The normalized spacial score (nSPS) is 22.0. The number of methoxy groups -OCH3 is 1. The summed E-state index contributed by atoms with van der Waals surface area (Å²) in [7, 11) is 1.54. The third-order valence-corrected chi connectivity index (χ3v) is 4.80. The number of ketones is 1. The van der Waals surface area contributed by atoms with Crippen molar-refractivity contribution in [2.45, 2.75) is 51.7 Å². The summed E-state index contributed by atoms with van der Waals surface area (Å²) in [6, 6.07) is 5.72. The molecular weight excluding hydrogens is 306 g/mol. The van der Waals surface area contributed by atoms with Crippen LogP contribution in [0.15, 0.2) is 18.2 Å². The van der Waals surface area contributed by atoms with Crippen LogP contribution < -0.4 is 14.8 Å². The van der Waals surface area contributed by atoms with Gasteiger partial charge in [-0.1, -0.05) is 6.92 Å². The van der Waals surface area contributed by atoms with Crippen molar-refractivity contribution >= 4 is 5.78 Å². The molecule has 3 N–H and O–H groups in total. The van der Waals surface area contributed by atoms with E-state index in [9.17, 15) is 9.90 Å². The summed E-state index contributed by atoms with van der Waals surface area (Å²) in [5.74, 6) is 1.89. The van der Waals surface area contributed by atoms with E-state index in [2.05, 4.69) is 12.2 Å². The number of nitrogens with two attached hydrogens (primary N) is 1. The first-order chi connectivity index (χ1) is 11.5. The van der Waals surface area contributed by atoms with E-state index in [1.165, 1.54) is 32.6 Å². The van der Waals surface area contributed by atoms with E-state index in [0.29, 0.717) is 29.6 Å². The number of ether oxygens (including phenoxy) is 2. The van der Waals surface area contributed by atoms with Crippen molar-refractivity contribution in [3.63, 3.8) is 0 Å². The molecule has 0 spiro atoms. The second kappa shape index (κ2) is 9.04. The largest absolute Gasteiger partial charge is 0.493 e. The Morgan fingerprint density at radius 3 is 2.62 bits per heavy atom. The van der Waals surface area contributed by atoms with Crippen LogP contribution in [0.5, 0.6) is 11.5 Å². The number of hydrogen-bond donors (Lipinski definition) is 2. The van der Waals surface area contributed by atoms with Gasteiger partial charge in [0.2, 0.25) is 0 Å². The molecule has 1 aliphatic rings. The van der Waals surface area contributed by atoms with Crippen LogP contribution in [0.1, 0.15) is 49.9 Å². The lowest BCUT2D eigenvalue weighted by atomic mass is 9.87. The van der Waals surface area contributed by atoms with Crippen molar-refractivity contribution in [1.29, 1.82) is 0 Å². The summed E-state index contributed by atoms with van der Waals surface area (Å²) in [6.07, 6.45) is 4.51. The van der Waals surface area contributed by atoms with Crippen molar-refractivity contribution in [3.05, 3.63) is 23.8 Å². The molecule has 0 aliphatic heterocycles. The number of quaternary nitrogens is 1. The molecule has 1 aromatic carbocycles. The van der Waals surface area contributed by atoms with Gasteiger partial charge in [0.1, 0.15) is 19.3 Å². The van der Waals surface area contributed by atoms with Crippen LogP contribution >= 0.6 is 0 Å². The molecule has 1 atom stereocenters. The number of carbonyl (C=O) groups is 1. The highest BCUT2D eigenvalue weighted by molar-refractivity contribution is 5.94. The quantitative estimate of drug-likeness (QED) is 0.710. The zero-order valence-electron chi connectivity index (χ0n) is 15.0. The molecule has 5 heteroatoms. The molecule has 1 aromatic rings. The van der Waals surface area contributed by atoms with Crippen LogP contribution in [0, 0.1) is 5.92 Å². The Morgan fingerprint density at radius 2 is 2.00 bits per heavy atom. The predicted octanol–water partition coefficient (Wildman–Crippen LogP) is 1.78. The highest BCUT2D eigenvalue weighted by atomic mass is 16.5. The number of hydrogen-bond acceptors (Lipinski definition) is 4. The van der Waals surface area contributed by atoms with E-state index in [-0.39, 0.29) is 12.4 Å². The Balaban J connectivity index is 1.78. The number of aliphatic hydroxyl groups is 1. The van der Waals surface area contributed by atoms with Crippen LogP contribution in [-0.2, 0) is 0 Å². The van der Waals surface area contributed by atoms with Crippen molar-refractivity contribution < 1.29 is 24.7 Å². The molecule has 1 saturated carbocycles. The first-order valence-corrected chi connectivity index (χ1v) is 8.82. The lowest BCUT2D eigenvalue weighted by molar-refractivity contribution is -0.697. The molecule has 0 bridgehead atoms. The minimum atomic E-state index is -0.526. The van der Waals surface area contributed by atoms with Gasteiger partial charge in [0, 0.05) is 5.56 Å². The molecule has 2 rings (SSSR count). The van der Waals surface area contributed by atoms with E-state index in [1.807, 2.05) is 0 Å². The summed E-state index contributed by atoms with van der Waals surface area (Å²) in [5, 5.41) is 12.4. The van der Waals surface area contributed by atoms with Gasteiger partial charge in [-0.05, 0) is 56.7 Å². The van der Waals surface area contributed by atoms with Crippen LogP contribution in [-0.4, -0.2) is 43.3 Å². The van der Waals surface area contributed by atoms with Crippen molar-refractivity contribution in [1.82, 2.24) is 0 Å². The zero-order chi connectivity index (χ0) is 17.5. The minimum Gasteiger partial charge on any atom is -0.493 e.